The fraction of sp³-hybridized carbons (Fsp3) is 0.259. The third-order valence-electron chi connectivity index (χ3n) is 5.59. The van der Waals surface area contributed by atoms with Crippen molar-refractivity contribution >= 4 is 22.7 Å². The number of imidazole rings is 1. The predicted molar refractivity (Wildman–Crippen MR) is 132 cm³/mol. The highest BCUT2D eigenvalue weighted by molar-refractivity contribution is 5.84. The first-order valence-corrected chi connectivity index (χ1v) is 11.2. The van der Waals surface area contributed by atoms with Crippen LogP contribution in [0.5, 0.6) is 5.75 Å². The maximum absolute atomic E-state index is 10.6. The molecule has 0 spiro atoms. The predicted octanol–water partition coefficient (Wildman–Crippen LogP) is 5.78. The van der Waals surface area contributed by atoms with Gasteiger partial charge in [-0.05, 0) is 55.7 Å². The molecule has 4 rings (SSSR count). The number of aromatic nitrogens is 2. The van der Waals surface area contributed by atoms with Crippen molar-refractivity contribution in [2.24, 2.45) is 0 Å². The highest BCUT2D eigenvalue weighted by Gasteiger charge is 2.15. The Bertz CT molecular complexity index is 1210. The van der Waals surface area contributed by atoms with Gasteiger partial charge in [-0.2, -0.15) is 0 Å². The third kappa shape index (κ3) is 5.34. The Morgan fingerprint density at radius 3 is 2.42 bits per heavy atom. The van der Waals surface area contributed by atoms with Crippen molar-refractivity contribution in [1.29, 1.82) is 0 Å². The van der Waals surface area contributed by atoms with Crippen molar-refractivity contribution in [1.82, 2.24) is 9.55 Å². The van der Waals surface area contributed by atoms with Crippen molar-refractivity contribution in [2.45, 2.75) is 25.7 Å². The van der Waals surface area contributed by atoms with Gasteiger partial charge in [-0.1, -0.05) is 30.3 Å². The monoisotopic (exact) mass is 443 g/mol. The van der Waals surface area contributed by atoms with Gasteiger partial charge in [0.15, 0.2) is 0 Å². The van der Waals surface area contributed by atoms with Gasteiger partial charge < -0.3 is 14.7 Å². The summed E-state index contributed by atoms with van der Waals surface area (Å²) in [6.45, 7) is 0.558. The molecular formula is C27H29N3O3. The van der Waals surface area contributed by atoms with E-state index in [1.165, 1.54) is 0 Å². The molecule has 0 aliphatic carbocycles. The number of rotatable bonds is 10. The van der Waals surface area contributed by atoms with E-state index in [1.807, 2.05) is 50.5 Å². The molecule has 170 valence electrons. The Balaban J connectivity index is 1.65. The van der Waals surface area contributed by atoms with E-state index < -0.39 is 5.97 Å². The second-order valence-electron chi connectivity index (χ2n) is 8.25. The number of aliphatic carboxylic acids is 1. The summed E-state index contributed by atoms with van der Waals surface area (Å²) >= 11 is 0. The van der Waals surface area contributed by atoms with Gasteiger partial charge >= 0.3 is 5.97 Å². The molecule has 3 aromatic carbocycles. The summed E-state index contributed by atoms with van der Waals surface area (Å²) in [5.74, 6) is 0.919. The zero-order valence-electron chi connectivity index (χ0n) is 19.1. The third-order valence-corrected chi connectivity index (χ3v) is 5.59. The molecule has 33 heavy (non-hydrogen) atoms. The number of carboxylic acid groups (broad SMARTS) is 1. The maximum Gasteiger partial charge on any atom is 0.303 e. The molecule has 1 heterocycles. The summed E-state index contributed by atoms with van der Waals surface area (Å²) in [6.07, 6.45) is 2.54. The molecule has 6 nitrogen and oxygen atoms in total. The van der Waals surface area contributed by atoms with E-state index in [9.17, 15) is 4.79 Å². The summed E-state index contributed by atoms with van der Waals surface area (Å²) < 4.78 is 8.15. The Hall–Kier alpha value is -3.80. The number of hydrogen-bond donors (Lipinski definition) is 1. The quantitative estimate of drug-likeness (QED) is 0.315. The molecule has 6 heteroatoms. The molecule has 0 fully saturated rings. The maximum atomic E-state index is 10.6. The normalized spacial score (nSPS) is 11.0. The minimum Gasteiger partial charge on any atom is -0.494 e. The standard InChI is InChI=1S/C27H29N3O3/c1-29(2)21-12-14-22(15-13-21)30-25-19-23(33-18-8-4-7-11-26(31)32)16-17-24(25)28-27(30)20-9-5-3-6-10-20/h3,5-6,9-10,12-17,19H,4,7-8,11,18H2,1-2H3,(H,31,32). The number of benzene rings is 3. The Labute approximate surface area is 194 Å². The summed E-state index contributed by atoms with van der Waals surface area (Å²) in [4.78, 5) is 17.7. The topological polar surface area (TPSA) is 67.6 Å². The van der Waals surface area contributed by atoms with E-state index in [1.54, 1.807) is 0 Å². The molecule has 0 bridgehead atoms. The number of anilines is 1. The first-order valence-electron chi connectivity index (χ1n) is 11.2. The Morgan fingerprint density at radius 1 is 0.970 bits per heavy atom. The smallest absolute Gasteiger partial charge is 0.303 e. The molecule has 0 unspecified atom stereocenters. The molecule has 0 aliphatic heterocycles. The fourth-order valence-electron chi connectivity index (χ4n) is 3.83. The molecule has 0 aliphatic rings. The Morgan fingerprint density at radius 2 is 1.73 bits per heavy atom. The zero-order chi connectivity index (χ0) is 23.2. The first-order chi connectivity index (χ1) is 16.0. The van der Waals surface area contributed by atoms with Gasteiger partial charge in [0.25, 0.3) is 0 Å². The van der Waals surface area contributed by atoms with E-state index in [-0.39, 0.29) is 6.42 Å². The largest absolute Gasteiger partial charge is 0.494 e. The average molecular weight is 444 g/mol. The summed E-state index contributed by atoms with van der Waals surface area (Å²) in [7, 11) is 4.06. The number of fused-ring (bicyclic) bond motifs is 1. The van der Waals surface area contributed by atoms with Gasteiger partial charge in [0.1, 0.15) is 11.6 Å². The highest BCUT2D eigenvalue weighted by atomic mass is 16.5. The second-order valence-corrected chi connectivity index (χ2v) is 8.25. The molecule has 0 saturated heterocycles. The van der Waals surface area contributed by atoms with Crippen LogP contribution in [0.15, 0.2) is 72.8 Å². The van der Waals surface area contributed by atoms with Crippen LogP contribution in [0.25, 0.3) is 28.1 Å². The number of unbranched alkanes of at least 4 members (excludes halogenated alkanes) is 2. The zero-order valence-corrected chi connectivity index (χ0v) is 19.1. The van der Waals surface area contributed by atoms with Crippen LogP contribution in [0, 0.1) is 0 Å². The molecule has 0 amide bonds. The van der Waals surface area contributed by atoms with Crippen LogP contribution in [0.1, 0.15) is 25.7 Å². The number of hydrogen-bond acceptors (Lipinski definition) is 4. The summed E-state index contributed by atoms with van der Waals surface area (Å²) in [5.41, 5.74) is 5.10. The van der Waals surface area contributed by atoms with Crippen molar-refractivity contribution in [3.8, 4) is 22.8 Å². The molecule has 0 atom stereocenters. The van der Waals surface area contributed by atoms with Crippen LogP contribution >= 0.6 is 0 Å². The van der Waals surface area contributed by atoms with Crippen LogP contribution in [0.3, 0.4) is 0 Å². The van der Waals surface area contributed by atoms with Crippen molar-refractivity contribution < 1.29 is 14.6 Å². The molecule has 1 N–H and O–H groups in total. The van der Waals surface area contributed by atoms with Crippen molar-refractivity contribution in [3.05, 3.63) is 72.8 Å². The number of carboxylic acids is 1. The first kappa shape index (κ1) is 22.4. The van der Waals surface area contributed by atoms with E-state index in [2.05, 4.69) is 45.9 Å². The van der Waals surface area contributed by atoms with Gasteiger partial charge in [0.2, 0.25) is 0 Å². The lowest BCUT2D eigenvalue weighted by Crippen LogP contribution is -2.08. The van der Waals surface area contributed by atoms with E-state index in [0.717, 1.165) is 52.4 Å². The molecule has 0 saturated carbocycles. The summed E-state index contributed by atoms with van der Waals surface area (Å²) in [6, 6.07) is 24.6. The van der Waals surface area contributed by atoms with Crippen LogP contribution in [0.2, 0.25) is 0 Å². The summed E-state index contributed by atoms with van der Waals surface area (Å²) in [5, 5.41) is 8.75. The lowest BCUT2D eigenvalue weighted by Gasteiger charge is -2.15. The van der Waals surface area contributed by atoms with Crippen molar-refractivity contribution in [3.63, 3.8) is 0 Å². The lowest BCUT2D eigenvalue weighted by molar-refractivity contribution is -0.137. The SMILES string of the molecule is CN(C)c1ccc(-n2c(-c3ccccc3)nc3ccc(OCCCCCC(=O)O)cc32)cc1. The van der Waals surface area contributed by atoms with E-state index in [0.29, 0.717) is 13.0 Å². The second kappa shape index (κ2) is 10.2. The molecule has 0 radical (unpaired) electrons. The van der Waals surface area contributed by atoms with Crippen LogP contribution in [0.4, 0.5) is 5.69 Å². The van der Waals surface area contributed by atoms with Crippen LogP contribution < -0.4 is 9.64 Å². The van der Waals surface area contributed by atoms with Gasteiger partial charge in [-0.25, -0.2) is 4.98 Å². The molecule has 4 aromatic rings. The fourth-order valence-corrected chi connectivity index (χ4v) is 3.83. The number of ether oxygens (including phenoxy) is 1. The number of nitrogens with zero attached hydrogens (tertiary/aromatic N) is 3. The van der Waals surface area contributed by atoms with Gasteiger partial charge in [-0.15, -0.1) is 0 Å². The van der Waals surface area contributed by atoms with Crippen LogP contribution in [-0.2, 0) is 4.79 Å². The van der Waals surface area contributed by atoms with Gasteiger partial charge in [0, 0.05) is 43.5 Å². The van der Waals surface area contributed by atoms with Gasteiger partial charge in [-0.3, -0.25) is 9.36 Å². The van der Waals surface area contributed by atoms with Crippen LogP contribution in [-0.4, -0.2) is 41.3 Å². The van der Waals surface area contributed by atoms with E-state index >= 15 is 0 Å². The Kier molecular flexibility index (Phi) is 6.93. The minimum atomic E-state index is -0.748. The van der Waals surface area contributed by atoms with E-state index in [4.69, 9.17) is 14.8 Å². The molecular weight excluding hydrogens is 414 g/mol. The number of carbonyl (C=O) groups is 1. The minimum absolute atomic E-state index is 0.208. The average Bonchev–Trinajstić information content (AvgIpc) is 3.20. The lowest BCUT2D eigenvalue weighted by atomic mass is 10.2. The highest BCUT2D eigenvalue weighted by Crippen LogP contribution is 2.31. The van der Waals surface area contributed by atoms with Gasteiger partial charge in [0.05, 0.1) is 17.6 Å². The molecule has 1 aromatic heterocycles. The van der Waals surface area contributed by atoms with Crippen molar-refractivity contribution in [2.75, 3.05) is 25.6 Å².